The smallest absolute Gasteiger partial charge is 0.228 e. The van der Waals surface area contributed by atoms with Gasteiger partial charge in [0.1, 0.15) is 0 Å². The molecule has 0 spiro atoms. The summed E-state index contributed by atoms with van der Waals surface area (Å²) in [5, 5.41) is 0. The van der Waals surface area contributed by atoms with E-state index in [0.29, 0.717) is 18.4 Å². The van der Waals surface area contributed by atoms with Gasteiger partial charge in [0.25, 0.3) is 0 Å². The maximum absolute atomic E-state index is 12.1. The van der Waals surface area contributed by atoms with Crippen LogP contribution < -0.4 is 5.73 Å². The summed E-state index contributed by atoms with van der Waals surface area (Å²) >= 11 is 0. The van der Waals surface area contributed by atoms with E-state index in [1.807, 2.05) is 11.8 Å². The van der Waals surface area contributed by atoms with Crippen LogP contribution in [0.2, 0.25) is 0 Å². The Hall–Kier alpha value is -0.610. The summed E-state index contributed by atoms with van der Waals surface area (Å²) in [4.78, 5) is 14.1. The third-order valence-corrected chi connectivity index (χ3v) is 3.69. The van der Waals surface area contributed by atoms with Crippen LogP contribution in [0.4, 0.5) is 0 Å². The molecule has 92 valence electrons. The standard InChI is InChI=1S/C12H22N2O2/c1-2-16-11-7-10(11)12(15)14-5-3-9(8-13)4-6-14/h9-11H,2-8,13H2,1H3. The van der Waals surface area contributed by atoms with Gasteiger partial charge in [-0.2, -0.15) is 0 Å². The third-order valence-electron chi connectivity index (χ3n) is 3.69. The molecule has 2 fully saturated rings. The number of carbonyl (C=O) groups excluding carboxylic acids is 1. The molecule has 4 heteroatoms. The van der Waals surface area contributed by atoms with E-state index < -0.39 is 0 Å². The monoisotopic (exact) mass is 226 g/mol. The molecule has 2 N–H and O–H groups in total. The van der Waals surface area contributed by atoms with E-state index in [9.17, 15) is 4.79 Å². The fourth-order valence-electron chi connectivity index (χ4n) is 2.45. The molecular formula is C12H22N2O2. The molecule has 2 rings (SSSR count). The highest BCUT2D eigenvalue weighted by Gasteiger charge is 2.46. The first-order chi connectivity index (χ1) is 7.76. The minimum atomic E-state index is 0.148. The first-order valence-corrected chi connectivity index (χ1v) is 6.36. The molecule has 2 unspecified atom stereocenters. The first kappa shape index (κ1) is 11.9. The quantitative estimate of drug-likeness (QED) is 0.764. The molecule has 16 heavy (non-hydrogen) atoms. The maximum atomic E-state index is 12.1. The Bertz CT molecular complexity index is 249. The summed E-state index contributed by atoms with van der Waals surface area (Å²) in [6, 6.07) is 0. The molecule has 0 bridgehead atoms. The van der Waals surface area contributed by atoms with E-state index in [1.54, 1.807) is 0 Å². The third kappa shape index (κ3) is 2.55. The summed E-state index contributed by atoms with van der Waals surface area (Å²) in [7, 11) is 0. The Morgan fingerprint density at radius 1 is 1.44 bits per heavy atom. The van der Waals surface area contributed by atoms with Gasteiger partial charge in [0.15, 0.2) is 0 Å². The van der Waals surface area contributed by atoms with Crippen molar-refractivity contribution in [3.8, 4) is 0 Å². The highest BCUT2D eigenvalue weighted by atomic mass is 16.5. The van der Waals surface area contributed by atoms with E-state index in [4.69, 9.17) is 10.5 Å². The van der Waals surface area contributed by atoms with E-state index in [1.165, 1.54) is 0 Å². The van der Waals surface area contributed by atoms with Crippen LogP contribution in [0.5, 0.6) is 0 Å². The van der Waals surface area contributed by atoms with Crippen molar-refractivity contribution < 1.29 is 9.53 Å². The molecule has 1 aliphatic heterocycles. The van der Waals surface area contributed by atoms with Gasteiger partial charge in [0.2, 0.25) is 5.91 Å². The molecule has 2 atom stereocenters. The number of likely N-dealkylation sites (tertiary alicyclic amines) is 1. The molecule has 1 amide bonds. The van der Waals surface area contributed by atoms with Gasteiger partial charge in [0, 0.05) is 19.7 Å². The molecule has 2 aliphatic rings. The van der Waals surface area contributed by atoms with Crippen molar-refractivity contribution in [1.82, 2.24) is 4.90 Å². The Balaban J connectivity index is 1.75. The average molecular weight is 226 g/mol. The zero-order valence-electron chi connectivity index (χ0n) is 10.0. The minimum absolute atomic E-state index is 0.148. The number of amides is 1. The zero-order valence-corrected chi connectivity index (χ0v) is 10.0. The second-order valence-corrected chi connectivity index (χ2v) is 4.84. The van der Waals surface area contributed by atoms with Gasteiger partial charge in [-0.15, -0.1) is 0 Å². The highest BCUT2D eigenvalue weighted by Crippen LogP contribution is 2.36. The van der Waals surface area contributed by atoms with Crippen molar-refractivity contribution in [2.45, 2.75) is 32.3 Å². The number of piperidine rings is 1. The lowest BCUT2D eigenvalue weighted by Gasteiger charge is -2.31. The van der Waals surface area contributed by atoms with Crippen LogP contribution in [0.15, 0.2) is 0 Å². The summed E-state index contributed by atoms with van der Waals surface area (Å²) in [6.45, 7) is 5.22. The summed E-state index contributed by atoms with van der Waals surface area (Å²) in [5.41, 5.74) is 5.64. The van der Waals surface area contributed by atoms with Gasteiger partial charge in [-0.1, -0.05) is 0 Å². The lowest BCUT2D eigenvalue weighted by atomic mass is 9.97. The fraction of sp³-hybridized carbons (Fsp3) is 0.917. The number of ether oxygens (including phenoxy) is 1. The van der Waals surface area contributed by atoms with Gasteiger partial charge in [-0.3, -0.25) is 4.79 Å². The number of nitrogens with two attached hydrogens (primary N) is 1. The van der Waals surface area contributed by atoms with Gasteiger partial charge >= 0.3 is 0 Å². The number of hydrogen-bond donors (Lipinski definition) is 1. The molecule has 0 aromatic rings. The van der Waals surface area contributed by atoms with Crippen LogP contribution in [0.25, 0.3) is 0 Å². The predicted molar refractivity (Wildman–Crippen MR) is 61.9 cm³/mol. The van der Waals surface area contributed by atoms with Crippen LogP contribution in [-0.4, -0.2) is 43.2 Å². The molecular weight excluding hydrogens is 204 g/mol. The SMILES string of the molecule is CCOC1CC1C(=O)N1CCC(CN)CC1. The van der Waals surface area contributed by atoms with Crippen LogP contribution >= 0.6 is 0 Å². The van der Waals surface area contributed by atoms with Crippen molar-refractivity contribution in [3.63, 3.8) is 0 Å². The number of hydrogen-bond acceptors (Lipinski definition) is 3. The molecule has 1 aliphatic carbocycles. The van der Waals surface area contributed by atoms with Crippen molar-refractivity contribution in [3.05, 3.63) is 0 Å². The Labute approximate surface area is 97.1 Å². The molecule has 0 radical (unpaired) electrons. The van der Waals surface area contributed by atoms with Crippen LogP contribution in [0.1, 0.15) is 26.2 Å². The normalized spacial score (nSPS) is 30.5. The van der Waals surface area contributed by atoms with E-state index in [0.717, 1.165) is 38.9 Å². The second kappa shape index (κ2) is 5.15. The number of nitrogens with zero attached hydrogens (tertiary/aromatic N) is 1. The van der Waals surface area contributed by atoms with E-state index >= 15 is 0 Å². The molecule has 4 nitrogen and oxygen atoms in total. The zero-order chi connectivity index (χ0) is 11.5. The van der Waals surface area contributed by atoms with Crippen molar-refractivity contribution in [2.75, 3.05) is 26.2 Å². The Morgan fingerprint density at radius 3 is 2.69 bits per heavy atom. The van der Waals surface area contributed by atoms with Crippen LogP contribution in [0.3, 0.4) is 0 Å². The molecule has 1 saturated carbocycles. The van der Waals surface area contributed by atoms with Crippen molar-refractivity contribution >= 4 is 5.91 Å². The summed E-state index contributed by atoms with van der Waals surface area (Å²) in [5.74, 6) is 1.06. The maximum Gasteiger partial charge on any atom is 0.228 e. The van der Waals surface area contributed by atoms with Crippen molar-refractivity contribution in [2.24, 2.45) is 17.6 Å². The van der Waals surface area contributed by atoms with Gasteiger partial charge in [0.05, 0.1) is 12.0 Å². The Kier molecular flexibility index (Phi) is 3.82. The Morgan fingerprint density at radius 2 is 2.12 bits per heavy atom. The van der Waals surface area contributed by atoms with Crippen LogP contribution in [-0.2, 0) is 9.53 Å². The van der Waals surface area contributed by atoms with E-state index in [-0.39, 0.29) is 12.0 Å². The van der Waals surface area contributed by atoms with Crippen molar-refractivity contribution in [1.29, 1.82) is 0 Å². The van der Waals surface area contributed by atoms with Gasteiger partial charge in [-0.05, 0) is 38.6 Å². The number of rotatable bonds is 4. The lowest BCUT2D eigenvalue weighted by Crippen LogP contribution is -2.41. The first-order valence-electron chi connectivity index (χ1n) is 6.36. The highest BCUT2D eigenvalue weighted by molar-refractivity contribution is 5.82. The van der Waals surface area contributed by atoms with Gasteiger partial charge < -0.3 is 15.4 Å². The second-order valence-electron chi connectivity index (χ2n) is 4.84. The molecule has 1 heterocycles. The summed E-state index contributed by atoms with van der Waals surface area (Å²) < 4.78 is 5.45. The lowest BCUT2D eigenvalue weighted by molar-refractivity contribution is -0.135. The molecule has 1 saturated heterocycles. The topological polar surface area (TPSA) is 55.6 Å². The fourth-order valence-corrected chi connectivity index (χ4v) is 2.45. The van der Waals surface area contributed by atoms with Crippen LogP contribution in [0, 0.1) is 11.8 Å². The number of carbonyl (C=O) groups is 1. The van der Waals surface area contributed by atoms with Gasteiger partial charge in [-0.25, -0.2) is 0 Å². The largest absolute Gasteiger partial charge is 0.378 e. The van der Waals surface area contributed by atoms with E-state index in [2.05, 4.69) is 0 Å². The summed E-state index contributed by atoms with van der Waals surface area (Å²) in [6.07, 6.45) is 3.25. The molecule has 0 aromatic heterocycles. The average Bonchev–Trinajstić information content (AvgIpc) is 3.08. The minimum Gasteiger partial charge on any atom is -0.378 e. The molecule has 0 aromatic carbocycles. The predicted octanol–water partition coefficient (Wildman–Crippen LogP) is 0.609.